The van der Waals surface area contributed by atoms with E-state index in [-0.39, 0.29) is 11.8 Å². The van der Waals surface area contributed by atoms with Gasteiger partial charge in [-0.05, 0) is 37.9 Å². The van der Waals surface area contributed by atoms with Crippen molar-refractivity contribution in [2.45, 2.75) is 39.2 Å². The van der Waals surface area contributed by atoms with Gasteiger partial charge in [0.15, 0.2) is 0 Å². The molecule has 0 aliphatic heterocycles. The third-order valence-electron chi connectivity index (χ3n) is 2.70. The van der Waals surface area contributed by atoms with Gasteiger partial charge in [0.25, 0.3) is 0 Å². The van der Waals surface area contributed by atoms with Crippen molar-refractivity contribution in [3.8, 4) is 0 Å². The second kappa shape index (κ2) is 7.26. The molecule has 0 aliphatic rings. The summed E-state index contributed by atoms with van der Waals surface area (Å²) in [6, 6.07) is 4.28. The lowest BCUT2D eigenvalue weighted by Gasteiger charge is -2.16. The van der Waals surface area contributed by atoms with Gasteiger partial charge < -0.3 is 5.32 Å². The average Bonchev–Trinajstić information content (AvgIpc) is 2.71. The largest absolute Gasteiger partial charge is 0.313 e. The minimum atomic E-state index is -2.93. The summed E-state index contributed by atoms with van der Waals surface area (Å²) >= 11 is 1.79. The molecule has 1 unspecified atom stereocenters. The molecule has 1 aromatic rings. The molecule has 0 radical (unpaired) electrons. The van der Waals surface area contributed by atoms with E-state index in [9.17, 15) is 8.42 Å². The fourth-order valence-electron chi connectivity index (χ4n) is 1.87. The van der Waals surface area contributed by atoms with E-state index in [0.717, 1.165) is 25.8 Å². The van der Waals surface area contributed by atoms with Gasteiger partial charge in [-0.1, -0.05) is 13.8 Å². The van der Waals surface area contributed by atoms with Crippen LogP contribution in [0.1, 0.15) is 30.0 Å². The Bertz CT molecular complexity index is 451. The lowest BCUT2D eigenvalue weighted by molar-refractivity contribution is 0.532. The van der Waals surface area contributed by atoms with Crippen LogP contribution >= 0.6 is 11.3 Å². The molecule has 1 atom stereocenters. The highest BCUT2D eigenvalue weighted by molar-refractivity contribution is 7.90. The number of aryl methyl sites for hydroxylation is 1. The van der Waals surface area contributed by atoms with Gasteiger partial charge in [0.2, 0.25) is 0 Å². The van der Waals surface area contributed by atoms with E-state index in [2.05, 4.69) is 31.3 Å². The molecule has 0 aromatic carbocycles. The Morgan fingerprint density at radius 1 is 1.28 bits per heavy atom. The topological polar surface area (TPSA) is 46.2 Å². The van der Waals surface area contributed by atoms with Crippen molar-refractivity contribution >= 4 is 21.2 Å². The Hall–Kier alpha value is -0.390. The summed E-state index contributed by atoms with van der Waals surface area (Å²) in [5.74, 6) is 0.215. The molecule has 0 fully saturated rings. The number of hydrogen-bond donors (Lipinski definition) is 1. The fraction of sp³-hybridized carbons (Fsp3) is 0.692. The van der Waals surface area contributed by atoms with Gasteiger partial charge in [0.05, 0.1) is 5.75 Å². The lowest BCUT2D eigenvalue weighted by atomic mass is 10.2. The van der Waals surface area contributed by atoms with Crippen LogP contribution in [0, 0.1) is 0 Å². The van der Waals surface area contributed by atoms with Crippen LogP contribution in [0.25, 0.3) is 0 Å². The molecule has 0 saturated carbocycles. The third-order valence-corrected chi connectivity index (χ3v) is 4.96. The van der Waals surface area contributed by atoms with Gasteiger partial charge in [-0.2, -0.15) is 0 Å². The van der Waals surface area contributed by atoms with Gasteiger partial charge in [0.1, 0.15) is 9.84 Å². The number of rotatable bonds is 8. The van der Waals surface area contributed by atoms with Crippen LogP contribution in [0.4, 0.5) is 0 Å². The van der Waals surface area contributed by atoms with Crippen molar-refractivity contribution in [1.82, 2.24) is 5.32 Å². The molecule has 1 aromatic heterocycles. The summed E-state index contributed by atoms with van der Waals surface area (Å²) < 4.78 is 22.8. The molecule has 0 spiro atoms. The van der Waals surface area contributed by atoms with Crippen molar-refractivity contribution in [1.29, 1.82) is 0 Å². The first-order valence-electron chi connectivity index (χ1n) is 6.43. The highest BCUT2D eigenvalue weighted by Gasteiger charge is 2.16. The Morgan fingerprint density at radius 3 is 2.44 bits per heavy atom. The lowest BCUT2D eigenvalue weighted by Crippen LogP contribution is -2.37. The van der Waals surface area contributed by atoms with Gasteiger partial charge in [-0.25, -0.2) is 8.42 Å². The van der Waals surface area contributed by atoms with Crippen molar-refractivity contribution in [3.05, 3.63) is 21.9 Å². The van der Waals surface area contributed by atoms with Crippen LogP contribution in [0.5, 0.6) is 0 Å². The summed E-state index contributed by atoms with van der Waals surface area (Å²) in [4.78, 5) is 2.63. The predicted octanol–water partition coefficient (Wildman–Crippen LogP) is 2.27. The highest BCUT2D eigenvalue weighted by Crippen LogP contribution is 2.18. The number of hydrogen-bond acceptors (Lipinski definition) is 4. The second-order valence-corrected chi connectivity index (χ2v) is 8.11. The molecular formula is C13H23NO2S2. The van der Waals surface area contributed by atoms with E-state index in [1.807, 2.05) is 0 Å². The summed E-state index contributed by atoms with van der Waals surface area (Å²) in [6.07, 6.45) is 4.17. The van der Waals surface area contributed by atoms with Gasteiger partial charge in [-0.15, -0.1) is 11.3 Å². The number of sulfone groups is 1. The first-order valence-corrected chi connectivity index (χ1v) is 9.31. The first kappa shape index (κ1) is 15.7. The van der Waals surface area contributed by atoms with Gasteiger partial charge in [-0.3, -0.25) is 0 Å². The molecule has 18 heavy (non-hydrogen) atoms. The molecule has 0 amide bonds. The average molecular weight is 289 g/mol. The minimum Gasteiger partial charge on any atom is -0.313 e. The van der Waals surface area contributed by atoms with E-state index >= 15 is 0 Å². The number of thiophene rings is 1. The van der Waals surface area contributed by atoms with Crippen LogP contribution in [0.2, 0.25) is 0 Å². The van der Waals surface area contributed by atoms with Crippen molar-refractivity contribution in [2.75, 3.05) is 18.6 Å². The van der Waals surface area contributed by atoms with Crippen molar-refractivity contribution < 1.29 is 8.42 Å². The zero-order valence-corrected chi connectivity index (χ0v) is 13.0. The Morgan fingerprint density at radius 2 is 1.94 bits per heavy atom. The fourth-order valence-corrected chi connectivity index (χ4v) is 3.87. The third kappa shape index (κ3) is 5.98. The Balaban J connectivity index is 2.65. The molecule has 5 heteroatoms. The summed E-state index contributed by atoms with van der Waals surface area (Å²) in [7, 11) is -2.93. The minimum absolute atomic E-state index is 0.0308. The van der Waals surface area contributed by atoms with Gasteiger partial charge >= 0.3 is 0 Å². The first-order chi connectivity index (χ1) is 8.44. The van der Waals surface area contributed by atoms with Crippen LogP contribution < -0.4 is 5.32 Å². The maximum atomic E-state index is 11.4. The molecule has 0 bridgehead atoms. The number of nitrogens with one attached hydrogen (secondary N) is 1. The maximum Gasteiger partial charge on any atom is 0.148 e. The van der Waals surface area contributed by atoms with Crippen LogP contribution in [-0.4, -0.2) is 33.0 Å². The van der Waals surface area contributed by atoms with E-state index in [1.54, 1.807) is 11.3 Å². The van der Waals surface area contributed by atoms with E-state index in [4.69, 9.17) is 0 Å². The van der Waals surface area contributed by atoms with Crippen LogP contribution in [0.15, 0.2) is 12.1 Å². The molecule has 0 aliphatic carbocycles. The second-order valence-electron chi connectivity index (χ2n) is 4.67. The van der Waals surface area contributed by atoms with Gasteiger partial charge in [0, 0.05) is 22.1 Å². The normalized spacial score (nSPS) is 13.7. The van der Waals surface area contributed by atoms with Crippen molar-refractivity contribution in [3.63, 3.8) is 0 Å². The summed E-state index contributed by atoms with van der Waals surface area (Å²) in [5, 5.41) is 3.33. The Kier molecular flexibility index (Phi) is 6.32. The molecule has 1 N–H and O–H groups in total. The smallest absolute Gasteiger partial charge is 0.148 e. The van der Waals surface area contributed by atoms with Crippen LogP contribution in [0.3, 0.4) is 0 Å². The standard InChI is InChI=1S/C13H23NO2S2/c1-4-8-14-11(10-18(3,15)16)9-13-7-6-12(5-2)17-13/h6-7,11,14H,4-5,8-10H2,1-3H3. The van der Waals surface area contributed by atoms with E-state index in [1.165, 1.54) is 16.0 Å². The SMILES string of the molecule is CCCNC(Cc1ccc(CC)s1)CS(C)(=O)=O. The molecule has 3 nitrogen and oxygen atoms in total. The zero-order chi connectivity index (χ0) is 13.6. The summed E-state index contributed by atoms with van der Waals surface area (Å²) in [6.45, 7) is 5.09. The molecule has 1 heterocycles. The summed E-state index contributed by atoms with van der Waals surface area (Å²) in [5.41, 5.74) is 0. The molecular weight excluding hydrogens is 266 g/mol. The van der Waals surface area contributed by atoms with Crippen LogP contribution in [-0.2, 0) is 22.7 Å². The Labute approximate surface area is 115 Å². The molecule has 104 valence electrons. The maximum absolute atomic E-state index is 11.4. The van der Waals surface area contributed by atoms with E-state index in [0.29, 0.717) is 0 Å². The monoisotopic (exact) mass is 289 g/mol. The van der Waals surface area contributed by atoms with E-state index < -0.39 is 9.84 Å². The van der Waals surface area contributed by atoms with Crippen molar-refractivity contribution in [2.24, 2.45) is 0 Å². The quantitative estimate of drug-likeness (QED) is 0.798. The molecule has 0 saturated heterocycles. The molecule has 1 rings (SSSR count). The predicted molar refractivity (Wildman–Crippen MR) is 79.2 cm³/mol. The highest BCUT2D eigenvalue weighted by atomic mass is 32.2. The zero-order valence-electron chi connectivity index (χ0n) is 11.4.